The van der Waals surface area contributed by atoms with Crippen LogP contribution in [0.15, 0.2) is 103 Å². The first-order valence-electron chi connectivity index (χ1n) is 14.6. The van der Waals surface area contributed by atoms with E-state index in [1.165, 1.54) is 0 Å². The van der Waals surface area contributed by atoms with Crippen LogP contribution in [-0.4, -0.2) is 43.6 Å². The molecule has 8 heteroatoms. The first-order chi connectivity index (χ1) is 21.1. The number of nitrogens with one attached hydrogen (secondary N) is 1. The molecule has 4 aromatic heterocycles. The largest absolute Gasteiger partial charge is 0.361 e. The van der Waals surface area contributed by atoms with Crippen molar-refractivity contribution >= 4 is 27.5 Å². The summed E-state index contributed by atoms with van der Waals surface area (Å²) in [6.45, 7) is 1.27. The monoisotopic (exact) mass is 564 g/mol. The minimum absolute atomic E-state index is 0.454. The van der Waals surface area contributed by atoms with Crippen LogP contribution in [0.4, 0.5) is 0 Å². The summed E-state index contributed by atoms with van der Waals surface area (Å²) in [7, 11) is 0. The van der Waals surface area contributed by atoms with E-state index in [1.807, 2.05) is 28.9 Å². The highest BCUT2D eigenvalue weighted by Crippen LogP contribution is 2.51. The molecule has 1 saturated carbocycles. The maximum absolute atomic E-state index is 6.79. The Morgan fingerprint density at radius 2 is 1.58 bits per heavy atom. The molecule has 2 fully saturated rings. The van der Waals surface area contributed by atoms with Crippen molar-refractivity contribution in [1.82, 2.24) is 24.6 Å². The molecule has 1 spiro atoms. The molecule has 5 heterocycles. The minimum Gasteiger partial charge on any atom is -0.361 e. The van der Waals surface area contributed by atoms with Gasteiger partial charge in [-0.2, -0.15) is 0 Å². The van der Waals surface area contributed by atoms with E-state index in [4.69, 9.17) is 20.2 Å². The Bertz CT molecular complexity index is 2150. The van der Waals surface area contributed by atoms with Gasteiger partial charge in [0, 0.05) is 58.2 Å². The predicted octanol–water partition coefficient (Wildman–Crippen LogP) is 6.45. The van der Waals surface area contributed by atoms with Gasteiger partial charge in [0.2, 0.25) is 0 Å². The molecule has 1 saturated heterocycles. The van der Waals surface area contributed by atoms with Gasteiger partial charge >= 0.3 is 0 Å². The molecule has 3 N–H and O–H groups in total. The maximum Gasteiger partial charge on any atom is 0.172 e. The van der Waals surface area contributed by atoms with E-state index in [-0.39, 0.29) is 0 Å². The van der Waals surface area contributed by atoms with Crippen LogP contribution in [0.5, 0.6) is 0 Å². The van der Waals surface area contributed by atoms with E-state index in [0.717, 1.165) is 66.8 Å². The third kappa shape index (κ3) is 3.84. The third-order valence-electron chi connectivity index (χ3n) is 8.98. The smallest absolute Gasteiger partial charge is 0.172 e. The normalized spacial score (nSPS) is 17.2. The van der Waals surface area contributed by atoms with Crippen molar-refractivity contribution in [1.29, 1.82) is 0 Å². The highest BCUT2D eigenvalue weighted by atomic mass is 16.7. The lowest BCUT2D eigenvalue weighted by atomic mass is 9.68. The molecule has 210 valence electrons. The number of benzene rings is 3. The van der Waals surface area contributed by atoms with E-state index in [9.17, 15) is 0 Å². The Morgan fingerprint density at radius 3 is 2.40 bits per heavy atom. The highest BCUT2D eigenvalue weighted by Gasteiger charge is 2.57. The number of H-pyrrole nitrogens is 1. The Kier molecular flexibility index (Phi) is 5.20. The number of nitrogens with zero attached hydrogens (tertiary/aromatic N) is 4. The molecular formula is C35H28N6O2. The second-order valence-corrected chi connectivity index (χ2v) is 11.7. The number of aromatic amines is 1. The summed E-state index contributed by atoms with van der Waals surface area (Å²) in [6, 6.07) is 31.4. The van der Waals surface area contributed by atoms with E-state index >= 15 is 0 Å². The van der Waals surface area contributed by atoms with E-state index in [1.54, 1.807) is 0 Å². The van der Waals surface area contributed by atoms with Crippen LogP contribution in [0.25, 0.3) is 61.2 Å². The number of nitrogens with two attached hydrogens (primary N) is 1. The van der Waals surface area contributed by atoms with Crippen LogP contribution in [0, 0.1) is 0 Å². The number of ether oxygens (including phenoxy) is 2. The number of fused-ring (bicyclic) bond motifs is 4. The van der Waals surface area contributed by atoms with Crippen molar-refractivity contribution < 1.29 is 9.47 Å². The molecule has 0 radical (unpaired) electrons. The molecule has 0 unspecified atom stereocenters. The summed E-state index contributed by atoms with van der Waals surface area (Å²) in [5.74, 6) is 0.290. The van der Waals surface area contributed by atoms with E-state index in [0.29, 0.717) is 26.1 Å². The summed E-state index contributed by atoms with van der Waals surface area (Å²) < 4.78 is 13.7. The van der Waals surface area contributed by atoms with Gasteiger partial charge in [0.05, 0.1) is 30.0 Å². The van der Waals surface area contributed by atoms with Crippen LogP contribution >= 0.6 is 0 Å². The fourth-order valence-corrected chi connectivity index (χ4v) is 6.82. The van der Waals surface area contributed by atoms with Crippen LogP contribution < -0.4 is 5.73 Å². The predicted molar refractivity (Wildman–Crippen MR) is 166 cm³/mol. The topological polar surface area (TPSA) is 103 Å². The Morgan fingerprint density at radius 1 is 0.791 bits per heavy atom. The summed E-state index contributed by atoms with van der Waals surface area (Å²) >= 11 is 0. The van der Waals surface area contributed by atoms with Crippen molar-refractivity contribution in [3.8, 4) is 33.8 Å². The summed E-state index contributed by atoms with van der Waals surface area (Å²) in [5, 5.41) is 11.3. The molecular weight excluding hydrogens is 536 g/mol. The molecule has 2 aliphatic rings. The Hall–Kier alpha value is -4.89. The molecule has 1 aliphatic carbocycles. The summed E-state index contributed by atoms with van der Waals surface area (Å²) in [4.78, 5) is 8.47. The fourth-order valence-electron chi connectivity index (χ4n) is 6.82. The van der Waals surface area contributed by atoms with Crippen molar-refractivity contribution in [2.24, 2.45) is 5.73 Å². The SMILES string of the molecule is NC1(c2ccc(-c3nc4ccn5c(-c6ccc7[nH]ccc7c6)nnc5c4cc3-c3ccccc3)cc2)CC2(C1)OCCO2. The maximum atomic E-state index is 6.79. The Balaban J connectivity index is 1.15. The lowest BCUT2D eigenvalue weighted by molar-refractivity contribution is -0.239. The molecule has 0 bridgehead atoms. The number of hydrogen-bond donors (Lipinski definition) is 2. The first-order valence-corrected chi connectivity index (χ1v) is 14.6. The van der Waals surface area contributed by atoms with Crippen molar-refractivity contribution in [3.05, 3.63) is 109 Å². The van der Waals surface area contributed by atoms with E-state index in [2.05, 4.69) is 94.0 Å². The lowest BCUT2D eigenvalue weighted by Crippen LogP contribution is -2.60. The van der Waals surface area contributed by atoms with Gasteiger partial charge in [0.15, 0.2) is 17.3 Å². The van der Waals surface area contributed by atoms with Gasteiger partial charge in [-0.05, 0) is 47.5 Å². The molecule has 43 heavy (non-hydrogen) atoms. The van der Waals surface area contributed by atoms with Gasteiger partial charge in [0.25, 0.3) is 0 Å². The van der Waals surface area contributed by atoms with Gasteiger partial charge in [-0.3, -0.25) is 4.40 Å². The van der Waals surface area contributed by atoms with Crippen LogP contribution in [0.2, 0.25) is 0 Å². The van der Waals surface area contributed by atoms with Gasteiger partial charge in [-0.15, -0.1) is 10.2 Å². The van der Waals surface area contributed by atoms with Crippen LogP contribution in [0.1, 0.15) is 18.4 Å². The van der Waals surface area contributed by atoms with Crippen molar-refractivity contribution in [2.45, 2.75) is 24.2 Å². The quantitative estimate of drug-likeness (QED) is 0.255. The highest BCUT2D eigenvalue weighted by molar-refractivity contribution is 5.99. The number of aromatic nitrogens is 5. The second kappa shape index (κ2) is 9.05. The van der Waals surface area contributed by atoms with Crippen molar-refractivity contribution in [3.63, 3.8) is 0 Å². The number of rotatable bonds is 4. The van der Waals surface area contributed by atoms with Gasteiger partial charge in [-0.25, -0.2) is 4.98 Å². The molecule has 0 atom stereocenters. The third-order valence-corrected chi connectivity index (χ3v) is 8.98. The van der Waals surface area contributed by atoms with Gasteiger partial charge in [-0.1, -0.05) is 54.6 Å². The second-order valence-electron chi connectivity index (χ2n) is 11.7. The summed E-state index contributed by atoms with van der Waals surface area (Å²) in [5.41, 5.74) is 15.2. The molecule has 9 rings (SSSR count). The van der Waals surface area contributed by atoms with Crippen LogP contribution in [0.3, 0.4) is 0 Å². The standard InChI is InChI=1S/C35H28N6O2/c36-34(20-35(21-34)42-16-17-43-35)26-9-6-23(7-10-26)31-27(22-4-2-1-3-5-22)19-28-30(38-31)13-15-41-32(39-40-33(28)41)25-8-11-29-24(18-25)12-14-37-29/h1-15,18-19,37H,16-17,20-21,36H2. The summed E-state index contributed by atoms with van der Waals surface area (Å²) in [6.07, 6.45) is 5.28. The lowest BCUT2D eigenvalue weighted by Gasteiger charge is -2.50. The average Bonchev–Trinajstić information content (AvgIpc) is 3.80. The average molecular weight is 565 g/mol. The van der Waals surface area contributed by atoms with Crippen molar-refractivity contribution in [2.75, 3.05) is 13.2 Å². The zero-order chi connectivity index (χ0) is 28.6. The molecule has 3 aromatic carbocycles. The molecule has 8 nitrogen and oxygen atoms in total. The first kappa shape index (κ1) is 24.7. The Labute approximate surface area is 247 Å². The zero-order valence-electron chi connectivity index (χ0n) is 23.3. The number of hydrogen-bond acceptors (Lipinski definition) is 6. The number of pyridine rings is 2. The van der Waals surface area contributed by atoms with Gasteiger partial charge in [0.1, 0.15) is 0 Å². The fraction of sp³-hybridized carbons (Fsp3) is 0.171. The molecule has 0 amide bonds. The zero-order valence-corrected chi connectivity index (χ0v) is 23.3. The minimum atomic E-state index is -0.504. The molecule has 7 aromatic rings. The molecule has 1 aliphatic heterocycles. The van der Waals surface area contributed by atoms with Crippen LogP contribution in [-0.2, 0) is 15.0 Å². The van der Waals surface area contributed by atoms with E-state index < -0.39 is 11.3 Å². The van der Waals surface area contributed by atoms with Gasteiger partial charge < -0.3 is 20.2 Å².